The lowest BCUT2D eigenvalue weighted by Crippen LogP contribution is -2.36. The van der Waals surface area contributed by atoms with E-state index in [1.807, 2.05) is 30.3 Å². The second-order valence-corrected chi connectivity index (χ2v) is 6.69. The summed E-state index contributed by atoms with van der Waals surface area (Å²) in [4.78, 5) is 24.6. The highest BCUT2D eigenvalue weighted by Gasteiger charge is 2.45. The first-order chi connectivity index (χ1) is 11.0. The quantitative estimate of drug-likeness (QED) is 0.902. The average Bonchev–Trinajstić information content (AvgIpc) is 2.88. The van der Waals surface area contributed by atoms with Crippen LogP contribution in [0.1, 0.15) is 37.6 Å². The summed E-state index contributed by atoms with van der Waals surface area (Å²) >= 11 is 0.978. The van der Waals surface area contributed by atoms with Crippen molar-refractivity contribution in [1.29, 1.82) is 5.26 Å². The van der Waals surface area contributed by atoms with E-state index >= 15 is 0 Å². The van der Waals surface area contributed by atoms with Crippen LogP contribution in [0.15, 0.2) is 30.3 Å². The molecule has 0 saturated heterocycles. The van der Waals surface area contributed by atoms with Gasteiger partial charge in [0.05, 0.1) is 16.5 Å². The highest BCUT2D eigenvalue weighted by Crippen LogP contribution is 2.44. The van der Waals surface area contributed by atoms with Crippen molar-refractivity contribution in [2.24, 2.45) is 5.41 Å². The van der Waals surface area contributed by atoms with E-state index in [1.54, 1.807) is 0 Å². The summed E-state index contributed by atoms with van der Waals surface area (Å²) in [5.41, 5.74) is 6.02. The number of nitriles is 1. The molecule has 0 aliphatic heterocycles. The van der Waals surface area contributed by atoms with Crippen molar-refractivity contribution < 1.29 is 14.7 Å². The van der Waals surface area contributed by atoms with Gasteiger partial charge in [0, 0.05) is 0 Å². The van der Waals surface area contributed by atoms with E-state index < -0.39 is 11.4 Å². The minimum Gasteiger partial charge on any atom is -0.478 e. The lowest BCUT2D eigenvalue weighted by atomic mass is 9.70. The number of aromatic carboxylic acids is 1. The number of Topliss-reactive ketones (excluding diaryl/α,β-unsaturated/α-hetero) is 1. The molecule has 1 aliphatic carbocycles. The van der Waals surface area contributed by atoms with Crippen LogP contribution in [0.25, 0.3) is 0 Å². The third-order valence-electron chi connectivity index (χ3n) is 4.25. The number of carboxylic acids is 1. The second-order valence-electron chi connectivity index (χ2n) is 5.64. The lowest BCUT2D eigenvalue weighted by molar-refractivity contribution is 0.0697. The van der Waals surface area contributed by atoms with Gasteiger partial charge in [0.2, 0.25) is 0 Å². The topological polar surface area (TPSA) is 104 Å². The van der Waals surface area contributed by atoms with E-state index in [1.165, 1.54) is 0 Å². The molecular weight excluding hydrogens is 312 g/mol. The van der Waals surface area contributed by atoms with Crippen molar-refractivity contribution in [1.82, 2.24) is 0 Å². The van der Waals surface area contributed by atoms with Gasteiger partial charge in [-0.25, -0.2) is 4.79 Å². The van der Waals surface area contributed by atoms with E-state index in [9.17, 15) is 20.0 Å². The van der Waals surface area contributed by atoms with Crippen LogP contribution < -0.4 is 5.73 Å². The number of benzene rings is 1. The monoisotopic (exact) mass is 326 g/mol. The number of carbonyl (C=O) groups is 2. The molecule has 0 saturated carbocycles. The van der Waals surface area contributed by atoms with Gasteiger partial charge in [0.25, 0.3) is 0 Å². The average molecular weight is 326 g/mol. The molecule has 0 fully saturated rings. The summed E-state index contributed by atoms with van der Waals surface area (Å²) in [7, 11) is 0. The summed E-state index contributed by atoms with van der Waals surface area (Å²) in [6.45, 7) is 0. The normalized spacial score (nSPS) is 19.9. The fourth-order valence-corrected chi connectivity index (χ4v) is 4.22. The van der Waals surface area contributed by atoms with E-state index in [4.69, 9.17) is 5.73 Å². The van der Waals surface area contributed by atoms with Crippen molar-refractivity contribution in [2.45, 2.75) is 19.3 Å². The number of nitrogens with two attached hydrogens (primary N) is 1. The summed E-state index contributed by atoms with van der Waals surface area (Å²) in [6, 6.07) is 11.6. The molecule has 5 nitrogen and oxygen atoms in total. The fraction of sp³-hybridized carbons (Fsp3) is 0.235. The van der Waals surface area contributed by atoms with Crippen molar-refractivity contribution in [3.8, 4) is 6.07 Å². The first-order valence-corrected chi connectivity index (χ1v) is 7.94. The van der Waals surface area contributed by atoms with E-state index in [0.29, 0.717) is 29.7 Å². The number of thiophene rings is 1. The summed E-state index contributed by atoms with van der Waals surface area (Å²) < 4.78 is 0. The maximum atomic E-state index is 12.9. The SMILES string of the molecule is N#CC1(Cc2ccccc2)CCc2c(sc(N)c2C(=O)O)C1=O. The molecule has 1 aromatic heterocycles. The van der Waals surface area contributed by atoms with Gasteiger partial charge in [-0.05, 0) is 30.4 Å². The van der Waals surface area contributed by atoms with Gasteiger partial charge in [-0.3, -0.25) is 4.79 Å². The Morgan fingerprint density at radius 3 is 2.70 bits per heavy atom. The van der Waals surface area contributed by atoms with E-state index in [0.717, 1.165) is 16.9 Å². The maximum Gasteiger partial charge on any atom is 0.338 e. The molecule has 3 N–H and O–H groups in total. The van der Waals surface area contributed by atoms with Gasteiger partial charge in [0.1, 0.15) is 10.4 Å². The Hall–Kier alpha value is -2.65. The molecule has 0 amide bonds. The summed E-state index contributed by atoms with van der Waals surface area (Å²) in [5, 5.41) is 19.1. The molecule has 23 heavy (non-hydrogen) atoms. The van der Waals surface area contributed by atoms with Crippen molar-refractivity contribution in [3.63, 3.8) is 0 Å². The first kappa shape index (κ1) is 15.3. The molecule has 2 aromatic rings. The molecule has 0 bridgehead atoms. The highest BCUT2D eigenvalue weighted by atomic mass is 32.1. The van der Waals surface area contributed by atoms with Crippen LogP contribution in [0.3, 0.4) is 0 Å². The van der Waals surface area contributed by atoms with Crippen molar-refractivity contribution in [3.05, 3.63) is 51.9 Å². The molecule has 1 unspecified atom stereocenters. The third-order valence-corrected chi connectivity index (χ3v) is 5.31. The maximum absolute atomic E-state index is 12.9. The molecule has 6 heteroatoms. The van der Waals surface area contributed by atoms with Crippen LogP contribution in [0.2, 0.25) is 0 Å². The number of hydrogen-bond acceptors (Lipinski definition) is 5. The van der Waals surface area contributed by atoms with Crippen molar-refractivity contribution >= 4 is 28.1 Å². The Morgan fingerprint density at radius 2 is 2.09 bits per heavy atom. The number of ketones is 1. The van der Waals surface area contributed by atoms with Gasteiger partial charge < -0.3 is 10.8 Å². The molecule has 0 spiro atoms. The molecule has 1 atom stereocenters. The Kier molecular flexibility index (Phi) is 3.66. The minimum atomic E-state index is -1.15. The van der Waals surface area contributed by atoms with Gasteiger partial charge in [0.15, 0.2) is 5.78 Å². The van der Waals surface area contributed by atoms with Crippen LogP contribution in [-0.2, 0) is 12.8 Å². The van der Waals surface area contributed by atoms with Crippen LogP contribution in [0, 0.1) is 16.7 Å². The number of anilines is 1. The number of hydrogen-bond donors (Lipinski definition) is 2. The van der Waals surface area contributed by atoms with Gasteiger partial charge >= 0.3 is 5.97 Å². The van der Waals surface area contributed by atoms with Crippen LogP contribution >= 0.6 is 11.3 Å². The smallest absolute Gasteiger partial charge is 0.338 e. The Labute approximate surface area is 137 Å². The third kappa shape index (κ3) is 2.39. The molecule has 116 valence electrons. The predicted octanol–water partition coefficient (Wildman–Crippen LogP) is 2.91. The fourth-order valence-electron chi connectivity index (χ4n) is 3.07. The summed E-state index contributed by atoms with van der Waals surface area (Å²) in [5.74, 6) is -1.44. The lowest BCUT2D eigenvalue weighted by Gasteiger charge is -2.29. The van der Waals surface area contributed by atoms with Crippen LogP contribution in [-0.4, -0.2) is 16.9 Å². The molecule has 1 aliphatic rings. The molecule has 0 radical (unpaired) electrons. The standard InChI is InChI=1S/C17H14N2O3S/c18-9-17(8-10-4-2-1-3-5-10)7-6-11-12(16(21)22)15(19)23-13(11)14(17)20/h1-5H,6-8,19H2,(H,21,22). The van der Waals surface area contributed by atoms with Gasteiger partial charge in [-0.15, -0.1) is 11.3 Å². The zero-order chi connectivity index (χ0) is 16.6. The number of nitrogens with zero attached hydrogens (tertiary/aromatic N) is 1. The molecule has 3 rings (SSSR count). The second kappa shape index (κ2) is 5.52. The number of carbonyl (C=O) groups excluding carboxylic acids is 1. The van der Waals surface area contributed by atoms with E-state index in [-0.39, 0.29) is 16.3 Å². The van der Waals surface area contributed by atoms with Gasteiger partial charge in [-0.2, -0.15) is 5.26 Å². The minimum absolute atomic E-state index is 0.0181. The number of carboxylic acid groups (broad SMARTS) is 1. The van der Waals surface area contributed by atoms with Crippen LogP contribution in [0.4, 0.5) is 5.00 Å². The van der Waals surface area contributed by atoms with Crippen LogP contribution in [0.5, 0.6) is 0 Å². The Bertz CT molecular complexity index is 836. The molecule has 1 aromatic carbocycles. The summed E-state index contributed by atoms with van der Waals surface area (Å²) in [6.07, 6.45) is 1.00. The molecule has 1 heterocycles. The zero-order valence-corrected chi connectivity index (χ0v) is 13.0. The van der Waals surface area contributed by atoms with E-state index in [2.05, 4.69) is 6.07 Å². The first-order valence-electron chi connectivity index (χ1n) is 7.13. The number of fused-ring (bicyclic) bond motifs is 1. The number of rotatable bonds is 3. The Balaban J connectivity index is 2.04. The van der Waals surface area contributed by atoms with Gasteiger partial charge in [-0.1, -0.05) is 30.3 Å². The highest BCUT2D eigenvalue weighted by molar-refractivity contribution is 7.18. The van der Waals surface area contributed by atoms with Crippen molar-refractivity contribution in [2.75, 3.05) is 5.73 Å². The molecular formula is C17H14N2O3S. The largest absolute Gasteiger partial charge is 0.478 e. The Morgan fingerprint density at radius 1 is 1.39 bits per heavy atom. The number of nitrogen functional groups attached to an aromatic ring is 1. The predicted molar refractivity (Wildman–Crippen MR) is 86.5 cm³/mol. The zero-order valence-electron chi connectivity index (χ0n) is 12.2.